The number of benzene rings is 1. The second-order valence-corrected chi connectivity index (χ2v) is 6.52. The molecule has 0 saturated carbocycles. The second-order valence-electron chi connectivity index (χ2n) is 5.27. The molecule has 20 heavy (non-hydrogen) atoms. The van der Waals surface area contributed by atoms with Gasteiger partial charge in [-0.2, -0.15) is 5.10 Å². The fourth-order valence-electron chi connectivity index (χ4n) is 2.23. The SMILES string of the molecule is CC(C)c1cc(NC(=O)C2Cc3ccccc3S2)n[nH]1. The third-order valence-corrected chi connectivity index (χ3v) is 4.73. The highest BCUT2D eigenvalue weighted by molar-refractivity contribution is 8.01. The topological polar surface area (TPSA) is 57.8 Å². The van der Waals surface area contributed by atoms with Gasteiger partial charge in [0.25, 0.3) is 0 Å². The van der Waals surface area contributed by atoms with Crippen molar-refractivity contribution in [3.05, 3.63) is 41.6 Å². The van der Waals surface area contributed by atoms with E-state index in [1.54, 1.807) is 11.8 Å². The Labute approximate surface area is 122 Å². The number of hydrogen-bond donors (Lipinski definition) is 2. The van der Waals surface area contributed by atoms with Crippen LogP contribution >= 0.6 is 11.8 Å². The maximum Gasteiger partial charge on any atom is 0.239 e. The van der Waals surface area contributed by atoms with Crippen molar-refractivity contribution in [1.29, 1.82) is 0 Å². The average molecular weight is 287 g/mol. The molecule has 1 aliphatic heterocycles. The van der Waals surface area contributed by atoms with Crippen LogP contribution in [0, 0.1) is 0 Å². The maximum absolute atomic E-state index is 12.3. The minimum atomic E-state index is -0.0633. The molecule has 0 bridgehead atoms. The summed E-state index contributed by atoms with van der Waals surface area (Å²) >= 11 is 1.63. The molecular weight excluding hydrogens is 270 g/mol. The van der Waals surface area contributed by atoms with Gasteiger partial charge in [0.15, 0.2) is 5.82 Å². The normalized spacial score (nSPS) is 17.2. The van der Waals surface area contributed by atoms with Crippen molar-refractivity contribution in [2.45, 2.75) is 36.3 Å². The predicted molar refractivity (Wildman–Crippen MR) is 81.1 cm³/mol. The van der Waals surface area contributed by atoms with Gasteiger partial charge in [-0.05, 0) is 24.0 Å². The van der Waals surface area contributed by atoms with E-state index in [2.05, 4.69) is 41.5 Å². The van der Waals surface area contributed by atoms with Gasteiger partial charge < -0.3 is 5.32 Å². The number of amides is 1. The van der Waals surface area contributed by atoms with Gasteiger partial charge in [0.2, 0.25) is 5.91 Å². The molecule has 1 atom stereocenters. The maximum atomic E-state index is 12.3. The van der Waals surface area contributed by atoms with E-state index in [-0.39, 0.29) is 11.2 Å². The lowest BCUT2D eigenvalue weighted by Crippen LogP contribution is -2.24. The molecule has 0 aliphatic carbocycles. The Bertz CT molecular complexity index is 611. The molecule has 0 spiro atoms. The average Bonchev–Trinajstić information content (AvgIpc) is 3.04. The van der Waals surface area contributed by atoms with Crippen LogP contribution in [-0.4, -0.2) is 21.4 Å². The smallest absolute Gasteiger partial charge is 0.239 e. The fraction of sp³-hybridized carbons (Fsp3) is 0.333. The van der Waals surface area contributed by atoms with Gasteiger partial charge in [0.1, 0.15) is 0 Å². The van der Waals surface area contributed by atoms with Crippen LogP contribution in [0.1, 0.15) is 31.0 Å². The van der Waals surface area contributed by atoms with E-state index < -0.39 is 0 Å². The Balaban J connectivity index is 1.66. The van der Waals surface area contributed by atoms with Gasteiger partial charge in [0.05, 0.1) is 5.25 Å². The summed E-state index contributed by atoms with van der Waals surface area (Å²) in [4.78, 5) is 13.5. The van der Waals surface area contributed by atoms with E-state index in [1.165, 1.54) is 10.5 Å². The molecule has 0 radical (unpaired) electrons. The zero-order valence-electron chi connectivity index (χ0n) is 11.5. The number of fused-ring (bicyclic) bond motifs is 1. The van der Waals surface area contributed by atoms with E-state index in [0.29, 0.717) is 11.7 Å². The van der Waals surface area contributed by atoms with Gasteiger partial charge in [0, 0.05) is 16.7 Å². The number of H-pyrrole nitrogens is 1. The first-order valence-corrected chi connectivity index (χ1v) is 7.62. The molecule has 0 saturated heterocycles. The van der Waals surface area contributed by atoms with Crippen LogP contribution in [0.4, 0.5) is 5.82 Å². The van der Waals surface area contributed by atoms with E-state index in [9.17, 15) is 4.79 Å². The lowest BCUT2D eigenvalue weighted by atomic mass is 10.1. The first-order chi connectivity index (χ1) is 9.63. The Morgan fingerprint density at radius 2 is 2.25 bits per heavy atom. The van der Waals surface area contributed by atoms with Crippen molar-refractivity contribution in [3.63, 3.8) is 0 Å². The summed E-state index contributed by atoms with van der Waals surface area (Å²) in [7, 11) is 0. The third kappa shape index (κ3) is 2.58. The fourth-order valence-corrected chi connectivity index (χ4v) is 3.43. The molecule has 0 fully saturated rings. The van der Waals surface area contributed by atoms with Gasteiger partial charge in [-0.15, -0.1) is 11.8 Å². The summed E-state index contributed by atoms with van der Waals surface area (Å²) in [6.45, 7) is 4.17. The van der Waals surface area contributed by atoms with Crippen molar-refractivity contribution in [2.24, 2.45) is 0 Å². The summed E-state index contributed by atoms with van der Waals surface area (Å²) in [5, 5.41) is 9.91. The molecule has 1 unspecified atom stereocenters. The largest absolute Gasteiger partial charge is 0.308 e. The number of rotatable bonds is 3. The van der Waals surface area contributed by atoms with Crippen LogP contribution in [0.15, 0.2) is 35.2 Å². The molecule has 1 aromatic carbocycles. The monoisotopic (exact) mass is 287 g/mol. The quantitative estimate of drug-likeness (QED) is 0.911. The van der Waals surface area contributed by atoms with Crippen molar-refractivity contribution in [3.8, 4) is 0 Å². The Morgan fingerprint density at radius 3 is 2.95 bits per heavy atom. The lowest BCUT2D eigenvalue weighted by Gasteiger charge is -2.07. The molecule has 104 valence electrons. The summed E-state index contributed by atoms with van der Waals surface area (Å²) in [6.07, 6.45) is 0.786. The summed E-state index contributed by atoms with van der Waals surface area (Å²) < 4.78 is 0. The number of nitrogens with zero attached hydrogens (tertiary/aromatic N) is 1. The van der Waals surface area contributed by atoms with Crippen molar-refractivity contribution >= 4 is 23.5 Å². The third-order valence-electron chi connectivity index (χ3n) is 3.41. The van der Waals surface area contributed by atoms with E-state index >= 15 is 0 Å². The molecule has 5 heteroatoms. The van der Waals surface area contributed by atoms with Crippen molar-refractivity contribution in [2.75, 3.05) is 5.32 Å². The van der Waals surface area contributed by atoms with Crippen LogP contribution in [0.3, 0.4) is 0 Å². The summed E-state index contributed by atoms with van der Waals surface area (Å²) in [5.41, 5.74) is 2.28. The second kappa shape index (κ2) is 5.32. The van der Waals surface area contributed by atoms with Gasteiger partial charge in [-0.3, -0.25) is 9.89 Å². The number of anilines is 1. The number of carbonyl (C=O) groups excluding carboxylic acids is 1. The standard InChI is InChI=1S/C15H17N3OS/c1-9(2)11-8-14(18-17-11)16-15(19)13-7-10-5-3-4-6-12(10)20-13/h3-6,8-9,13H,7H2,1-2H3,(H2,16,17,18,19). The van der Waals surface area contributed by atoms with Crippen LogP contribution in [0.2, 0.25) is 0 Å². The van der Waals surface area contributed by atoms with Crippen molar-refractivity contribution in [1.82, 2.24) is 10.2 Å². The minimum absolute atomic E-state index is 0.0213. The lowest BCUT2D eigenvalue weighted by molar-refractivity contribution is -0.115. The molecule has 2 N–H and O–H groups in total. The highest BCUT2D eigenvalue weighted by Gasteiger charge is 2.28. The highest BCUT2D eigenvalue weighted by Crippen LogP contribution is 2.37. The molecule has 1 aliphatic rings. The Hall–Kier alpha value is -1.75. The van der Waals surface area contributed by atoms with E-state index in [4.69, 9.17) is 0 Å². The summed E-state index contributed by atoms with van der Waals surface area (Å²) in [5.74, 6) is 1.00. The number of carbonyl (C=O) groups is 1. The van der Waals surface area contributed by atoms with Crippen LogP contribution in [-0.2, 0) is 11.2 Å². The zero-order chi connectivity index (χ0) is 14.1. The predicted octanol–water partition coefficient (Wildman–Crippen LogP) is 3.19. The van der Waals surface area contributed by atoms with Gasteiger partial charge in [-0.1, -0.05) is 32.0 Å². The van der Waals surface area contributed by atoms with Crippen molar-refractivity contribution < 1.29 is 4.79 Å². The van der Waals surface area contributed by atoms with E-state index in [0.717, 1.165) is 12.1 Å². The van der Waals surface area contributed by atoms with Gasteiger partial charge >= 0.3 is 0 Å². The number of aromatic amines is 1. The number of thioether (sulfide) groups is 1. The van der Waals surface area contributed by atoms with Crippen LogP contribution in [0.25, 0.3) is 0 Å². The molecule has 1 amide bonds. The Morgan fingerprint density at radius 1 is 1.45 bits per heavy atom. The number of aromatic nitrogens is 2. The van der Waals surface area contributed by atoms with E-state index in [1.807, 2.05) is 18.2 Å². The molecule has 1 aromatic heterocycles. The summed E-state index contributed by atoms with van der Waals surface area (Å²) in [6, 6.07) is 10.1. The molecule has 2 heterocycles. The molecule has 3 rings (SSSR count). The Kier molecular flexibility index (Phi) is 3.53. The molecular formula is C15H17N3OS. The van der Waals surface area contributed by atoms with Gasteiger partial charge in [-0.25, -0.2) is 0 Å². The first kappa shape index (κ1) is 13.2. The first-order valence-electron chi connectivity index (χ1n) is 6.74. The number of hydrogen-bond acceptors (Lipinski definition) is 3. The van der Waals surface area contributed by atoms with Crippen LogP contribution < -0.4 is 5.32 Å². The number of nitrogens with one attached hydrogen (secondary N) is 2. The highest BCUT2D eigenvalue weighted by atomic mass is 32.2. The molecule has 4 nitrogen and oxygen atoms in total. The molecule has 2 aromatic rings. The zero-order valence-corrected chi connectivity index (χ0v) is 12.3. The van der Waals surface area contributed by atoms with Crippen LogP contribution in [0.5, 0.6) is 0 Å². The minimum Gasteiger partial charge on any atom is -0.308 e.